The van der Waals surface area contributed by atoms with E-state index in [2.05, 4.69) is 4.98 Å². The molecule has 196 valence electrons. The number of hydrogen-bond acceptors (Lipinski definition) is 5. The number of nitrogens with one attached hydrogen (secondary N) is 1. The lowest BCUT2D eigenvalue weighted by Gasteiger charge is -2.25. The molecule has 0 aliphatic carbocycles. The van der Waals surface area contributed by atoms with Crippen molar-refractivity contribution in [3.8, 4) is 0 Å². The van der Waals surface area contributed by atoms with Gasteiger partial charge in [-0.3, -0.25) is 28.3 Å². The predicted octanol–water partition coefficient (Wildman–Crippen LogP) is 2.91. The van der Waals surface area contributed by atoms with Crippen LogP contribution >= 0.6 is 0 Å². The van der Waals surface area contributed by atoms with Gasteiger partial charge in [-0.05, 0) is 37.3 Å². The minimum Gasteiger partial charge on any atom is -0.383 e. The van der Waals surface area contributed by atoms with Crippen LogP contribution in [-0.2, 0) is 24.4 Å². The Morgan fingerprint density at radius 2 is 1.61 bits per heavy atom. The van der Waals surface area contributed by atoms with Crippen LogP contribution in [0.25, 0.3) is 11.0 Å². The van der Waals surface area contributed by atoms with Gasteiger partial charge in [-0.2, -0.15) is 0 Å². The fourth-order valence-electron chi connectivity index (χ4n) is 4.40. The van der Waals surface area contributed by atoms with Crippen molar-refractivity contribution in [3.63, 3.8) is 0 Å². The fraction of sp³-hybridized carbons (Fsp3) is 0.538. The van der Waals surface area contributed by atoms with Crippen molar-refractivity contribution in [1.29, 1.82) is 0 Å². The van der Waals surface area contributed by atoms with Crippen molar-refractivity contribution in [2.75, 3.05) is 17.2 Å². The molecular weight excluding hydrogens is 460 g/mol. The van der Waals surface area contributed by atoms with Gasteiger partial charge in [0, 0.05) is 32.6 Å². The van der Waals surface area contributed by atoms with Crippen molar-refractivity contribution in [2.24, 2.45) is 5.92 Å². The first-order valence-corrected chi connectivity index (χ1v) is 12.8. The number of imidazole rings is 1. The summed E-state index contributed by atoms with van der Waals surface area (Å²) in [5.74, 6) is -0.0555. The van der Waals surface area contributed by atoms with Crippen LogP contribution in [0.2, 0.25) is 0 Å². The lowest BCUT2D eigenvalue weighted by molar-refractivity contribution is -0.118. The van der Waals surface area contributed by atoms with Gasteiger partial charge in [-0.15, -0.1) is 0 Å². The topological polar surface area (TPSA) is 128 Å². The van der Waals surface area contributed by atoms with Crippen LogP contribution in [0.15, 0.2) is 38.6 Å². The molecule has 0 spiro atoms. The molecule has 0 atom stereocenters. The van der Waals surface area contributed by atoms with Crippen molar-refractivity contribution in [1.82, 2.24) is 18.7 Å². The third-order valence-electron chi connectivity index (χ3n) is 6.37. The Kier molecular flexibility index (Phi) is 8.95. The number of H-pyrrole nitrogens is 1. The number of hydrogen-bond donors (Lipinski definition) is 2. The molecule has 0 unspecified atom stereocenters. The second-order valence-corrected chi connectivity index (χ2v) is 9.55. The highest BCUT2D eigenvalue weighted by molar-refractivity contribution is 5.95. The van der Waals surface area contributed by atoms with Crippen molar-refractivity contribution in [2.45, 2.75) is 79.4 Å². The summed E-state index contributed by atoms with van der Waals surface area (Å²) in [7, 11) is 0. The molecule has 3 aromatic rings. The molecule has 0 fully saturated rings. The minimum atomic E-state index is -0.681. The second-order valence-electron chi connectivity index (χ2n) is 9.55. The third kappa shape index (κ3) is 5.63. The van der Waals surface area contributed by atoms with Gasteiger partial charge in [0.2, 0.25) is 5.91 Å². The number of fused-ring (bicyclic) bond motifs is 1. The Labute approximate surface area is 210 Å². The van der Waals surface area contributed by atoms with Gasteiger partial charge in [0.25, 0.3) is 5.56 Å². The molecule has 2 heterocycles. The van der Waals surface area contributed by atoms with Crippen LogP contribution in [0, 0.1) is 5.92 Å². The monoisotopic (exact) mass is 498 g/mol. The zero-order valence-electron chi connectivity index (χ0n) is 21.7. The van der Waals surface area contributed by atoms with Gasteiger partial charge in [0.05, 0.1) is 11.0 Å². The van der Waals surface area contributed by atoms with E-state index in [-0.39, 0.29) is 48.5 Å². The third-order valence-corrected chi connectivity index (χ3v) is 6.37. The SMILES string of the molecule is CCCCn1c(N)c(N(CCC(C)C)C(=O)CCn2c(=O)n(CCC)c3ccccc32)c(=O)[nH]c1=O. The maximum atomic E-state index is 13.5. The van der Waals surface area contributed by atoms with Crippen LogP contribution in [0.1, 0.15) is 59.8 Å². The number of unbranched alkanes of at least 4 members (excludes halogenated alkanes) is 1. The summed E-state index contributed by atoms with van der Waals surface area (Å²) in [4.78, 5) is 55.6. The number of nitrogens with two attached hydrogens (primary N) is 1. The highest BCUT2D eigenvalue weighted by Gasteiger charge is 2.25. The van der Waals surface area contributed by atoms with Gasteiger partial charge in [-0.1, -0.05) is 46.2 Å². The van der Waals surface area contributed by atoms with E-state index in [1.54, 1.807) is 9.13 Å². The predicted molar refractivity (Wildman–Crippen MR) is 144 cm³/mol. The van der Waals surface area contributed by atoms with Crippen LogP contribution in [0.3, 0.4) is 0 Å². The normalized spacial score (nSPS) is 11.5. The van der Waals surface area contributed by atoms with Crippen LogP contribution in [0.4, 0.5) is 11.5 Å². The molecule has 0 saturated heterocycles. The molecule has 0 radical (unpaired) electrons. The first-order valence-electron chi connectivity index (χ1n) is 12.8. The summed E-state index contributed by atoms with van der Waals surface area (Å²) in [6.07, 6.45) is 3.02. The van der Waals surface area contributed by atoms with Gasteiger partial charge in [0.15, 0.2) is 5.69 Å². The summed E-state index contributed by atoms with van der Waals surface area (Å²) in [5, 5.41) is 0. The number of aromatic amines is 1. The minimum absolute atomic E-state index is 0.00267. The highest BCUT2D eigenvalue weighted by atomic mass is 16.2. The molecule has 0 bridgehead atoms. The molecule has 1 aromatic carbocycles. The molecule has 36 heavy (non-hydrogen) atoms. The number of benzene rings is 1. The Bertz CT molecular complexity index is 1380. The number of nitrogen functional groups attached to an aromatic ring is 1. The highest BCUT2D eigenvalue weighted by Crippen LogP contribution is 2.21. The van der Waals surface area contributed by atoms with E-state index in [1.807, 2.05) is 52.0 Å². The molecule has 2 aromatic heterocycles. The maximum Gasteiger partial charge on any atom is 0.330 e. The standard InChI is InChI=1S/C26H38N6O4/c1-5-7-15-32-23(27)22(24(34)28-25(32)35)31(16-12-18(3)4)21(33)13-17-30-20-11-9-8-10-19(20)29(14-6-2)26(30)36/h8-11,18H,5-7,12-17,27H2,1-4H3,(H,28,34,35). The number of carbonyl (C=O) groups excluding carboxylic acids is 1. The maximum absolute atomic E-state index is 13.5. The van der Waals surface area contributed by atoms with Crippen molar-refractivity contribution in [3.05, 3.63) is 55.6 Å². The van der Waals surface area contributed by atoms with E-state index in [9.17, 15) is 19.2 Å². The number of carbonyl (C=O) groups is 1. The second kappa shape index (κ2) is 11.9. The molecular formula is C26H38N6O4. The number of anilines is 2. The number of nitrogens with zero attached hydrogens (tertiary/aromatic N) is 4. The van der Waals surface area contributed by atoms with Gasteiger partial charge < -0.3 is 10.6 Å². The van der Waals surface area contributed by atoms with Crippen LogP contribution < -0.4 is 27.6 Å². The first-order chi connectivity index (χ1) is 17.2. The van der Waals surface area contributed by atoms with E-state index >= 15 is 0 Å². The Balaban J connectivity index is 1.98. The lowest BCUT2D eigenvalue weighted by Crippen LogP contribution is -2.42. The van der Waals surface area contributed by atoms with E-state index in [4.69, 9.17) is 5.73 Å². The summed E-state index contributed by atoms with van der Waals surface area (Å²) in [6, 6.07) is 7.53. The van der Waals surface area contributed by atoms with Gasteiger partial charge in [-0.25, -0.2) is 9.59 Å². The average Bonchev–Trinajstić information content (AvgIpc) is 3.10. The van der Waals surface area contributed by atoms with E-state index in [0.29, 0.717) is 25.9 Å². The van der Waals surface area contributed by atoms with E-state index in [1.165, 1.54) is 9.47 Å². The molecule has 0 aliphatic heterocycles. The summed E-state index contributed by atoms with van der Waals surface area (Å²) in [6.45, 7) is 9.45. The number of aryl methyl sites for hydroxylation is 2. The summed E-state index contributed by atoms with van der Waals surface area (Å²) >= 11 is 0. The van der Waals surface area contributed by atoms with Gasteiger partial charge in [0.1, 0.15) is 5.82 Å². The average molecular weight is 499 g/mol. The number of rotatable bonds is 12. The molecule has 0 aliphatic rings. The summed E-state index contributed by atoms with van der Waals surface area (Å²) < 4.78 is 4.65. The zero-order chi connectivity index (χ0) is 26.4. The van der Waals surface area contributed by atoms with Crippen LogP contribution in [-0.4, -0.2) is 31.1 Å². The van der Waals surface area contributed by atoms with E-state index < -0.39 is 11.2 Å². The quantitative estimate of drug-likeness (QED) is 0.397. The molecule has 0 saturated carbocycles. The lowest BCUT2D eigenvalue weighted by atomic mass is 10.1. The van der Waals surface area contributed by atoms with Crippen molar-refractivity contribution >= 4 is 28.4 Å². The number of para-hydroxylation sites is 2. The molecule has 1 amide bonds. The first kappa shape index (κ1) is 27.0. The van der Waals surface area contributed by atoms with Crippen molar-refractivity contribution < 1.29 is 4.79 Å². The van der Waals surface area contributed by atoms with E-state index in [0.717, 1.165) is 23.9 Å². The molecule has 10 heteroatoms. The summed E-state index contributed by atoms with van der Waals surface area (Å²) in [5.41, 5.74) is 6.47. The fourth-order valence-corrected chi connectivity index (χ4v) is 4.40. The van der Waals surface area contributed by atoms with Gasteiger partial charge >= 0.3 is 11.4 Å². The Hall–Kier alpha value is -3.56. The Morgan fingerprint density at radius 1 is 0.972 bits per heavy atom. The zero-order valence-corrected chi connectivity index (χ0v) is 21.7. The van der Waals surface area contributed by atoms with Crippen LogP contribution in [0.5, 0.6) is 0 Å². The smallest absolute Gasteiger partial charge is 0.330 e. The largest absolute Gasteiger partial charge is 0.383 e. The molecule has 3 N–H and O–H groups in total. The molecule has 10 nitrogen and oxygen atoms in total. The number of aromatic nitrogens is 4. The molecule has 3 rings (SSSR count). The Morgan fingerprint density at radius 3 is 2.19 bits per heavy atom. The number of amides is 1.